The Bertz CT molecular complexity index is 1400. The van der Waals surface area contributed by atoms with Gasteiger partial charge in [0, 0.05) is 23.0 Å². The van der Waals surface area contributed by atoms with Crippen molar-refractivity contribution < 1.29 is 14.3 Å². The summed E-state index contributed by atoms with van der Waals surface area (Å²) in [5.41, 5.74) is 4.48. The number of nitrogens with zero attached hydrogens (tertiary/aromatic N) is 3. The smallest absolute Gasteiger partial charge is 0.229 e. The van der Waals surface area contributed by atoms with Gasteiger partial charge < -0.3 is 14.4 Å². The fraction of sp³-hybridized carbons (Fsp3) is 0.241. The van der Waals surface area contributed by atoms with Crippen LogP contribution in [0.5, 0.6) is 11.5 Å². The Morgan fingerprint density at radius 2 is 1.92 bits per heavy atom. The summed E-state index contributed by atoms with van der Waals surface area (Å²) in [4.78, 5) is 17.2. The summed E-state index contributed by atoms with van der Waals surface area (Å²) in [6.07, 6.45) is 0.211. The van der Waals surface area contributed by atoms with Gasteiger partial charge in [-0.25, -0.2) is 0 Å². The summed E-state index contributed by atoms with van der Waals surface area (Å²) in [5.74, 6) is 1.45. The quantitative estimate of drug-likeness (QED) is 0.364. The van der Waals surface area contributed by atoms with Crippen LogP contribution in [0.3, 0.4) is 0 Å². The molecule has 1 fully saturated rings. The average Bonchev–Trinajstić information content (AvgIpc) is 2.93. The Balaban J connectivity index is 1.40. The van der Waals surface area contributed by atoms with Gasteiger partial charge in [-0.05, 0) is 47.9 Å². The molecule has 8 heteroatoms. The molecular formula is C29H26ClN3O3S. The summed E-state index contributed by atoms with van der Waals surface area (Å²) in [6, 6.07) is 23.7. The molecule has 6 nitrogen and oxygen atoms in total. The first kappa shape index (κ1) is 25.1. The first-order valence-corrected chi connectivity index (χ1v) is 13.3. The van der Waals surface area contributed by atoms with E-state index >= 15 is 0 Å². The zero-order valence-electron chi connectivity index (χ0n) is 20.6. The highest BCUT2D eigenvalue weighted by atomic mass is 35.5. The predicted molar refractivity (Wildman–Crippen MR) is 147 cm³/mol. The van der Waals surface area contributed by atoms with Crippen LogP contribution in [-0.2, 0) is 11.4 Å². The Labute approximate surface area is 226 Å². The Morgan fingerprint density at radius 1 is 1.11 bits per heavy atom. The second-order valence-corrected chi connectivity index (χ2v) is 10.3. The van der Waals surface area contributed by atoms with Gasteiger partial charge in [-0.2, -0.15) is 5.26 Å². The molecule has 0 spiro atoms. The molecular weight excluding hydrogens is 506 g/mol. The lowest BCUT2D eigenvalue weighted by molar-refractivity contribution is -0.129. The summed E-state index contributed by atoms with van der Waals surface area (Å²) >= 11 is 7.84. The minimum absolute atomic E-state index is 0.0146. The molecule has 0 aliphatic carbocycles. The van der Waals surface area contributed by atoms with Gasteiger partial charge in [0.15, 0.2) is 11.5 Å². The lowest BCUT2D eigenvalue weighted by Crippen LogP contribution is -2.47. The van der Waals surface area contributed by atoms with Crippen LogP contribution >= 0.6 is 23.4 Å². The van der Waals surface area contributed by atoms with Crippen molar-refractivity contribution in [3.8, 4) is 17.6 Å². The van der Waals surface area contributed by atoms with Gasteiger partial charge in [-0.15, -0.1) is 0 Å². The third-order valence-corrected chi connectivity index (χ3v) is 8.26. The largest absolute Gasteiger partial charge is 0.493 e. The van der Waals surface area contributed by atoms with E-state index in [0.717, 1.165) is 27.4 Å². The van der Waals surface area contributed by atoms with E-state index in [1.54, 1.807) is 12.0 Å². The molecule has 0 N–H and O–H groups in total. The first-order valence-electron chi connectivity index (χ1n) is 11.9. The number of nitriles is 1. The average molecular weight is 532 g/mol. The molecule has 0 aromatic heterocycles. The standard InChI is InChI=1S/C29H26ClN3O3S/c1-19-24(30)9-6-10-25(19)32-17-33-28(34)14-22(23(15-31)29(33)37-18-32)21-11-12-26(27(13-21)35-2)36-16-20-7-4-3-5-8-20/h3-13,22H,14,16-18H2,1-2H3. The molecule has 2 heterocycles. The normalized spacial score (nSPS) is 17.4. The molecule has 5 rings (SSSR count). The maximum Gasteiger partial charge on any atom is 0.229 e. The molecule has 3 aromatic carbocycles. The van der Waals surface area contributed by atoms with E-state index in [2.05, 4.69) is 11.0 Å². The first-order chi connectivity index (χ1) is 18.0. The molecule has 1 unspecified atom stereocenters. The van der Waals surface area contributed by atoms with Crippen molar-refractivity contribution in [3.63, 3.8) is 0 Å². The van der Waals surface area contributed by atoms with Crippen molar-refractivity contribution in [3.05, 3.63) is 99.0 Å². The fourth-order valence-corrected chi connectivity index (χ4v) is 6.02. The number of benzene rings is 3. The van der Waals surface area contributed by atoms with Gasteiger partial charge in [-0.3, -0.25) is 9.69 Å². The number of amides is 1. The lowest BCUT2D eigenvalue weighted by Gasteiger charge is -2.42. The Morgan fingerprint density at radius 3 is 2.68 bits per heavy atom. The number of anilines is 1. The number of carbonyl (C=O) groups is 1. The van der Waals surface area contributed by atoms with Gasteiger partial charge in [0.05, 0.1) is 36.3 Å². The number of ether oxygens (including phenoxy) is 2. The predicted octanol–water partition coefficient (Wildman–Crippen LogP) is 6.46. The number of thioether (sulfide) groups is 1. The molecule has 1 amide bonds. The number of methoxy groups -OCH3 is 1. The second kappa shape index (κ2) is 10.8. The van der Waals surface area contributed by atoms with Gasteiger partial charge in [0.2, 0.25) is 5.91 Å². The number of hydrogen-bond donors (Lipinski definition) is 0. The summed E-state index contributed by atoms with van der Waals surface area (Å²) in [5, 5.41) is 11.6. The third-order valence-electron chi connectivity index (χ3n) is 6.70. The van der Waals surface area contributed by atoms with E-state index in [1.807, 2.05) is 73.7 Å². The third kappa shape index (κ3) is 5.00. The zero-order valence-corrected chi connectivity index (χ0v) is 22.2. The highest BCUT2D eigenvalue weighted by Crippen LogP contribution is 2.45. The minimum atomic E-state index is -0.340. The van der Waals surface area contributed by atoms with Crippen molar-refractivity contribution in [2.45, 2.75) is 25.9 Å². The van der Waals surface area contributed by atoms with Crippen LogP contribution in [0.15, 0.2) is 77.3 Å². The van der Waals surface area contributed by atoms with Gasteiger partial charge in [-0.1, -0.05) is 65.8 Å². The van der Waals surface area contributed by atoms with E-state index in [-0.39, 0.29) is 18.2 Å². The molecule has 2 aliphatic heterocycles. The molecule has 1 saturated heterocycles. The Kier molecular flexibility index (Phi) is 7.31. The maximum atomic E-state index is 13.3. The topological polar surface area (TPSA) is 65.8 Å². The van der Waals surface area contributed by atoms with Crippen molar-refractivity contribution in [1.29, 1.82) is 5.26 Å². The van der Waals surface area contributed by atoms with Crippen molar-refractivity contribution in [2.24, 2.45) is 0 Å². The molecule has 37 heavy (non-hydrogen) atoms. The van der Waals surface area contributed by atoms with Gasteiger partial charge in [0.1, 0.15) is 6.61 Å². The van der Waals surface area contributed by atoms with Crippen LogP contribution < -0.4 is 14.4 Å². The van der Waals surface area contributed by atoms with Crippen molar-refractivity contribution in [2.75, 3.05) is 24.6 Å². The lowest BCUT2D eigenvalue weighted by atomic mass is 9.86. The number of hydrogen-bond acceptors (Lipinski definition) is 6. The monoisotopic (exact) mass is 531 g/mol. The second-order valence-electron chi connectivity index (χ2n) is 8.93. The molecule has 2 aliphatic rings. The maximum absolute atomic E-state index is 13.3. The molecule has 3 aromatic rings. The number of allylic oxidation sites excluding steroid dienone is 1. The van der Waals surface area contributed by atoms with E-state index in [0.29, 0.717) is 41.2 Å². The Hall–Kier alpha value is -3.60. The summed E-state index contributed by atoms with van der Waals surface area (Å²) < 4.78 is 11.6. The van der Waals surface area contributed by atoms with Gasteiger partial charge >= 0.3 is 0 Å². The van der Waals surface area contributed by atoms with Crippen LogP contribution in [0.4, 0.5) is 5.69 Å². The van der Waals surface area contributed by atoms with Crippen LogP contribution in [0.25, 0.3) is 0 Å². The number of fused-ring (bicyclic) bond motifs is 1. The molecule has 188 valence electrons. The highest BCUT2D eigenvalue weighted by Gasteiger charge is 2.39. The van der Waals surface area contributed by atoms with Crippen LogP contribution in [0.2, 0.25) is 5.02 Å². The molecule has 0 bridgehead atoms. The van der Waals surface area contributed by atoms with Crippen molar-refractivity contribution in [1.82, 2.24) is 4.90 Å². The van der Waals surface area contributed by atoms with E-state index in [4.69, 9.17) is 21.1 Å². The van der Waals surface area contributed by atoms with Crippen LogP contribution in [0, 0.1) is 18.3 Å². The highest BCUT2D eigenvalue weighted by molar-refractivity contribution is 8.03. The fourth-order valence-electron chi connectivity index (χ4n) is 4.69. The van der Waals surface area contributed by atoms with Crippen LogP contribution in [0.1, 0.15) is 29.0 Å². The SMILES string of the molecule is COc1cc(C2CC(=O)N3CN(c4cccc(Cl)c4C)CSC3=C2C#N)ccc1OCc1ccccc1. The number of carbonyl (C=O) groups excluding carboxylic acids is 1. The van der Waals surface area contributed by atoms with E-state index in [1.165, 1.54) is 11.8 Å². The van der Waals surface area contributed by atoms with E-state index < -0.39 is 0 Å². The minimum Gasteiger partial charge on any atom is -0.493 e. The molecule has 0 radical (unpaired) electrons. The van der Waals surface area contributed by atoms with E-state index in [9.17, 15) is 10.1 Å². The number of rotatable bonds is 6. The number of halogens is 1. The van der Waals surface area contributed by atoms with Gasteiger partial charge in [0.25, 0.3) is 0 Å². The summed E-state index contributed by atoms with van der Waals surface area (Å²) in [7, 11) is 1.59. The zero-order chi connectivity index (χ0) is 25.9. The van der Waals surface area contributed by atoms with Crippen LogP contribution in [-0.4, -0.2) is 30.5 Å². The summed E-state index contributed by atoms with van der Waals surface area (Å²) in [6.45, 7) is 2.78. The molecule has 0 saturated carbocycles. The van der Waals surface area contributed by atoms with Crippen molar-refractivity contribution >= 4 is 35.0 Å². The molecule has 1 atom stereocenters.